The first kappa shape index (κ1) is 19.7. The molecule has 2 heterocycles. The number of furan rings is 1. The van der Waals surface area contributed by atoms with Gasteiger partial charge in [-0.3, -0.25) is 4.79 Å². The Morgan fingerprint density at radius 3 is 2.31 bits per heavy atom. The van der Waals surface area contributed by atoms with E-state index in [4.69, 9.17) is 4.42 Å². The van der Waals surface area contributed by atoms with Crippen LogP contribution in [-0.4, -0.2) is 24.3 Å². The van der Waals surface area contributed by atoms with E-state index in [1.807, 2.05) is 30.3 Å². The van der Waals surface area contributed by atoms with Crippen molar-refractivity contribution in [3.05, 3.63) is 90.8 Å². The number of nitrogens with zero attached hydrogens (tertiary/aromatic N) is 2. The molecule has 0 radical (unpaired) electrons. The van der Waals surface area contributed by atoms with Gasteiger partial charge in [0.25, 0.3) is 15.9 Å². The molecule has 158 valence electrons. The number of amides is 1. The van der Waals surface area contributed by atoms with E-state index in [9.17, 15) is 13.2 Å². The minimum atomic E-state index is -3.86. The van der Waals surface area contributed by atoms with Crippen LogP contribution in [0, 0.1) is 0 Å². The molecule has 3 aromatic carbocycles. The third-order valence-corrected chi connectivity index (χ3v) is 6.21. The molecule has 0 saturated carbocycles. The quantitative estimate of drug-likeness (QED) is 0.415. The van der Waals surface area contributed by atoms with Crippen molar-refractivity contribution < 1.29 is 17.6 Å². The van der Waals surface area contributed by atoms with Gasteiger partial charge in [-0.15, -0.1) is 0 Å². The summed E-state index contributed by atoms with van der Waals surface area (Å²) in [4.78, 5) is 20.6. The molecule has 0 aliphatic carbocycles. The van der Waals surface area contributed by atoms with Gasteiger partial charge in [0.05, 0.1) is 10.5 Å². The Hall–Kier alpha value is -4.24. The average molecular weight is 444 g/mol. The van der Waals surface area contributed by atoms with Crippen LogP contribution in [0.1, 0.15) is 10.4 Å². The van der Waals surface area contributed by atoms with E-state index in [2.05, 4.69) is 20.0 Å². The van der Waals surface area contributed by atoms with Crippen molar-refractivity contribution in [3.63, 3.8) is 0 Å². The lowest BCUT2D eigenvalue weighted by molar-refractivity contribution is 0.102. The van der Waals surface area contributed by atoms with Gasteiger partial charge in [-0.1, -0.05) is 30.3 Å². The van der Waals surface area contributed by atoms with Crippen molar-refractivity contribution in [2.75, 3.05) is 10.0 Å². The fraction of sp³-hybridized carbons (Fsp3) is 0. The number of hydrogen-bond donors (Lipinski definition) is 2. The van der Waals surface area contributed by atoms with E-state index in [0.717, 1.165) is 10.8 Å². The van der Waals surface area contributed by atoms with E-state index in [0.29, 0.717) is 22.4 Å². The zero-order valence-corrected chi connectivity index (χ0v) is 17.3. The number of nitrogens with one attached hydrogen (secondary N) is 2. The molecule has 0 aliphatic rings. The first-order chi connectivity index (χ1) is 15.5. The number of fused-ring (bicyclic) bond motifs is 3. The molecule has 0 aliphatic heterocycles. The van der Waals surface area contributed by atoms with E-state index in [1.165, 1.54) is 36.7 Å². The minimum Gasteiger partial charge on any atom is -0.455 e. The second-order valence-electron chi connectivity index (χ2n) is 6.94. The van der Waals surface area contributed by atoms with Crippen LogP contribution in [0.5, 0.6) is 0 Å². The van der Waals surface area contributed by atoms with Gasteiger partial charge in [-0.2, -0.15) is 0 Å². The molecule has 5 rings (SSSR count). The fourth-order valence-corrected chi connectivity index (χ4v) is 4.33. The van der Waals surface area contributed by atoms with Crippen molar-refractivity contribution >= 4 is 49.5 Å². The lowest BCUT2D eigenvalue weighted by atomic mass is 10.1. The fourth-order valence-electron chi connectivity index (χ4n) is 3.37. The number of sulfonamides is 1. The Kier molecular flexibility index (Phi) is 4.79. The van der Waals surface area contributed by atoms with Crippen LogP contribution in [-0.2, 0) is 10.0 Å². The summed E-state index contributed by atoms with van der Waals surface area (Å²) in [6.45, 7) is 0. The zero-order valence-electron chi connectivity index (χ0n) is 16.5. The summed E-state index contributed by atoms with van der Waals surface area (Å²) in [7, 11) is -3.86. The molecule has 2 aromatic heterocycles. The predicted octanol–water partition coefficient (Wildman–Crippen LogP) is 4.43. The number of benzene rings is 3. The van der Waals surface area contributed by atoms with Crippen LogP contribution >= 0.6 is 0 Å². The van der Waals surface area contributed by atoms with Crippen LogP contribution in [0.25, 0.3) is 21.9 Å². The Morgan fingerprint density at radius 2 is 1.53 bits per heavy atom. The van der Waals surface area contributed by atoms with Gasteiger partial charge in [-0.25, -0.2) is 23.1 Å². The third kappa shape index (κ3) is 3.65. The number of carbonyl (C=O) groups excluding carboxylic acids is 1. The maximum absolute atomic E-state index is 12.9. The normalized spacial score (nSPS) is 11.5. The number of anilines is 2. The zero-order chi connectivity index (χ0) is 22.1. The van der Waals surface area contributed by atoms with E-state index >= 15 is 0 Å². The van der Waals surface area contributed by atoms with Crippen molar-refractivity contribution in [1.82, 2.24) is 9.97 Å². The van der Waals surface area contributed by atoms with Gasteiger partial charge < -0.3 is 9.73 Å². The first-order valence-electron chi connectivity index (χ1n) is 9.63. The highest BCUT2D eigenvalue weighted by Crippen LogP contribution is 2.31. The third-order valence-electron chi connectivity index (χ3n) is 4.86. The van der Waals surface area contributed by atoms with Crippen LogP contribution in [0.2, 0.25) is 0 Å². The molecule has 8 nitrogen and oxygen atoms in total. The first-order valence-corrected chi connectivity index (χ1v) is 11.1. The number of aromatic nitrogens is 2. The summed E-state index contributed by atoms with van der Waals surface area (Å²) >= 11 is 0. The Labute approximate surface area is 183 Å². The SMILES string of the molecule is O=C(Nc1ccc(S(=O)(=O)Nc2ncccn2)cc1)c1cccc2c1oc1ccccc12. The highest BCUT2D eigenvalue weighted by Gasteiger charge is 2.18. The summed E-state index contributed by atoms with van der Waals surface area (Å²) < 4.78 is 33.2. The topological polar surface area (TPSA) is 114 Å². The average Bonchev–Trinajstić information content (AvgIpc) is 3.18. The second kappa shape index (κ2) is 7.78. The van der Waals surface area contributed by atoms with Gasteiger partial charge in [-0.05, 0) is 42.5 Å². The van der Waals surface area contributed by atoms with E-state index in [1.54, 1.807) is 18.2 Å². The highest BCUT2D eigenvalue weighted by atomic mass is 32.2. The van der Waals surface area contributed by atoms with Gasteiger partial charge in [0, 0.05) is 28.9 Å². The van der Waals surface area contributed by atoms with Crippen molar-refractivity contribution in [3.8, 4) is 0 Å². The van der Waals surface area contributed by atoms with Gasteiger partial charge in [0.2, 0.25) is 5.95 Å². The minimum absolute atomic E-state index is 0.0161. The molecule has 1 amide bonds. The standard InChI is InChI=1S/C23H16N4O4S/c28-22(19-7-3-6-18-17-5-1-2-8-20(17)31-21(18)19)26-15-9-11-16(12-10-15)32(29,30)27-23-24-13-4-14-25-23/h1-14H,(H,26,28)(H,24,25,27). The Morgan fingerprint density at radius 1 is 0.812 bits per heavy atom. The molecule has 0 atom stereocenters. The summed E-state index contributed by atoms with van der Waals surface area (Å²) in [6, 6.07) is 20.4. The maximum Gasteiger partial charge on any atom is 0.264 e. The monoisotopic (exact) mass is 444 g/mol. The lowest BCUT2D eigenvalue weighted by Gasteiger charge is -2.09. The smallest absolute Gasteiger partial charge is 0.264 e. The molecule has 0 bridgehead atoms. The van der Waals surface area contributed by atoms with Gasteiger partial charge in [0.15, 0.2) is 0 Å². The summed E-state index contributed by atoms with van der Waals surface area (Å²) in [5.41, 5.74) is 2.03. The van der Waals surface area contributed by atoms with Gasteiger partial charge >= 0.3 is 0 Å². The molecule has 2 N–H and O–H groups in total. The summed E-state index contributed by atoms with van der Waals surface area (Å²) in [5, 5.41) is 4.57. The van der Waals surface area contributed by atoms with Crippen molar-refractivity contribution in [2.45, 2.75) is 4.90 Å². The highest BCUT2D eigenvalue weighted by molar-refractivity contribution is 7.92. The largest absolute Gasteiger partial charge is 0.455 e. The summed E-state index contributed by atoms with van der Waals surface area (Å²) in [6.07, 6.45) is 2.87. The molecule has 5 aromatic rings. The van der Waals surface area contributed by atoms with Crippen LogP contribution < -0.4 is 10.0 Å². The molecular weight excluding hydrogens is 428 g/mol. The van der Waals surface area contributed by atoms with E-state index < -0.39 is 10.0 Å². The van der Waals surface area contributed by atoms with E-state index in [-0.39, 0.29) is 16.8 Å². The van der Waals surface area contributed by atoms with Crippen molar-refractivity contribution in [2.24, 2.45) is 0 Å². The maximum atomic E-state index is 12.9. The lowest BCUT2D eigenvalue weighted by Crippen LogP contribution is -2.15. The Bertz CT molecular complexity index is 1550. The van der Waals surface area contributed by atoms with Crippen LogP contribution in [0.3, 0.4) is 0 Å². The van der Waals surface area contributed by atoms with Crippen LogP contribution in [0.15, 0.2) is 94.5 Å². The van der Waals surface area contributed by atoms with Crippen molar-refractivity contribution in [1.29, 1.82) is 0 Å². The van der Waals surface area contributed by atoms with Crippen LogP contribution in [0.4, 0.5) is 11.6 Å². The number of carbonyl (C=O) groups is 1. The predicted molar refractivity (Wildman–Crippen MR) is 121 cm³/mol. The number of hydrogen-bond acceptors (Lipinski definition) is 6. The molecule has 0 saturated heterocycles. The number of rotatable bonds is 5. The molecule has 0 unspecified atom stereocenters. The molecule has 0 spiro atoms. The van der Waals surface area contributed by atoms with Gasteiger partial charge in [0.1, 0.15) is 11.2 Å². The molecule has 32 heavy (non-hydrogen) atoms. The number of para-hydroxylation sites is 2. The molecule has 9 heteroatoms. The second-order valence-corrected chi connectivity index (χ2v) is 8.62. The molecule has 0 fully saturated rings. The summed E-state index contributed by atoms with van der Waals surface area (Å²) in [5.74, 6) is -0.384. The molecular formula is C23H16N4O4S. The Balaban J connectivity index is 1.39.